The largest absolute Gasteiger partial charge is 0.446 e. The topological polar surface area (TPSA) is 108 Å². The molecule has 3 atom stereocenters. The first-order valence-corrected chi connectivity index (χ1v) is 14.8. The molecule has 0 aliphatic carbocycles. The maximum atomic E-state index is 13.5. The lowest BCUT2D eigenvalue weighted by Crippen LogP contribution is -2.48. The van der Waals surface area contributed by atoms with E-state index in [-0.39, 0.29) is 30.6 Å². The minimum atomic E-state index is -4.45. The Balaban J connectivity index is 1.26. The van der Waals surface area contributed by atoms with Gasteiger partial charge in [-0.3, -0.25) is 9.59 Å². The van der Waals surface area contributed by atoms with E-state index in [1.54, 1.807) is 35.4 Å². The monoisotopic (exact) mass is 620 g/mol. The van der Waals surface area contributed by atoms with Crippen molar-refractivity contribution in [2.45, 2.75) is 57.1 Å². The van der Waals surface area contributed by atoms with Crippen molar-refractivity contribution < 1.29 is 32.3 Å². The van der Waals surface area contributed by atoms with Gasteiger partial charge in [0.2, 0.25) is 5.89 Å². The van der Waals surface area contributed by atoms with Crippen molar-refractivity contribution in [3.05, 3.63) is 125 Å². The van der Waals surface area contributed by atoms with Crippen molar-refractivity contribution in [2.24, 2.45) is 0 Å². The number of aliphatic hydroxyl groups excluding tert-OH is 1. The molecule has 3 N–H and O–H groups in total. The van der Waals surface area contributed by atoms with Gasteiger partial charge in [-0.15, -0.1) is 0 Å². The highest BCUT2D eigenvalue weighted by atomic mass is 19.4. The van der Waals surface area contributed by atoms with Crippen molar-refractivity contribution in [1.29, 1.82) is 0 Å². The summed E-state index contributed by atoms with van der Waals surface area (Å²) in [5.74, 6) is -0.210. The predicted octanol–water partition coefficient (Wildman–Crippen LogP) is 5.47. The van der Waals surface area contributed by atoms with Gasteiger partial charge in [0.25, 0.3) is 11.8 Å². The third kappa shape index (κ3) is 8.17. The van der Waals surface area contributed by atoms with Crippen LogP contribution in [0.2, 0.25) is 0 Å². The molecule has 0 radical (unpaired) electrons. The number of hydrogen-bond donors (Lipinski definition) is 3. The standard InChI is InChI=1S/C34H35F3N4O4/c1-22-21-45-32(39-22)29-14-7-15-41(29)33(44)26-12-6-11-25(18-26)31(43)40-28(17-23-8-3-2-4-9-23)30(42)20-38-19-24-10-5-13-27(16-24)34(35,36)37/h2-6,8-13,16,18,21,28-30,38,42H,7,14-15,17,19-20H2,1H3,(H,40,43). The lowest BCUT2D eigenvalue weighted by molar-refractivity contribution is -0.137. The van der Waals surface area contributed by atoms with Gasteiger partial charge in [0.1, 0.15) is 12.3 Å². The number of carbonyl (C=O) groups is 2. The third-order valence-corrected chi connectivity index (χ3v) is 7.82. The number of benzene rings is 3. The van der Waals surface area contributed by atoms with E-state index in [1.165, 1.54) is 12.1 Å². The molecule has 236 valence electrons. The first-order valence-electron chi connectivity index (χ1n) is 14.8. The Morgan fingerprint density at radius 3 is 2.49 bits per heavy atom. The highest BCUT2D eigenvalue weighted by Crippen LogP contribution is 2.33. The van der Waals surface area contributed by atoms with Crippen LogP contribution in [0.5, 0.6) is 0 Å². The van der Waals surface area contributed by atoms with Crippen molar-refractivity contribution in [2.75, 3.05) is 13.1 Å². The molecule has 1 aliphatic rings. The summed E-state index contributed by atoms with van der Waals surface area (Å²) in [6.45, 7) is 2.48. The summed E-state index contributed by atoms with van der Waals surface area (Å²) >= 11 is 0. The maximum absolute atomic E-state index is 13.5. The molecule has 45 heavy (non-hydrogen) atoms. The zero-order valence-electron chi connectivity index (χ0n) is 24.8. The molecule has 4 aromatic rings. The van der Waals surface area contributed by atoms with E-state index in [4.69, 9.17) is 4.42 Å². The highest BCUT2D eigenvalue weighted by Gasteiger charge is 2.34. The van der Waals surface area contributed by atoms with Crippen LogP contribution in [0.15, 0.2) is 89.5 Å². The molecule has 2 amide bonds. The van der Waals surface area contributed by atoms with E-state index >= 15 is 0 Å². The number of aliphatic hydroxyl groups is 1. The summed E-state index contributed by atoms with van der Waals surface area (Å²) in [5.41, 5.74) is 1.89. The van der Waals surface area contributed by atoms with Gasteiger partial charge in [-0.05, 0) is 61.6 Å². The minimum Gasteiger partial charge on any atom is -0.446 e. The fourth-order valence-electron chi connectivity index (χ4n) is 5.52. The Morgan fingerprint density at radius 1 is 1.02 bits per heavy atom. The number of aromatic nitrogens is 1. The zero-order chi connectivity index (χ0) is 32.0. The molecular formula is C34H35F3N4O4. The van der Waals surface area contributed by atoms with Gasteiger partial charge in [0, 0.05) is 30.8 Å². The summed E-state index contributed by atoms with van der Waals surface area (Å²) in [6, 6.07) is 19.7. The van der Waals surface area contributed by atoms with Crippen LogP contribution in [-0.4, -0.2) is 52.0 Å². The Kier molecular flexibility index (Phi) is 9.99. The van der Waals surface area contributed by atoms with E-state index in [2.05, 4.69) is 15.6 Å². The summed E-state index contributed by atoms with van der Waals surface area (Å²) in [6.07, 6.45) is -2.12. The third-order valence-electron chi connectivity index (χ3n) is 7.82. The van der Waals surface area contributed by atoms with Gasteiger partial charge in [-0.2, -0.15) is 13.2 Å². The van der Waals surface area contributed by atoms with E-state index in [1.807, 2.05) is 37.3 Å². The molecule has 3 unspecified atom stereocenters. The van der Waals surface area contributed by atoms with Crippen LogP contribution >= 0.6 is 0 Å². The Bertz CT molecular complexity index is 1610. The molecular weight excluding hydrogens is 585 g/mol. The molecule has 8 nitrogen and oxygen atoms in total. The second kappa shape index (κ2) is 14.1. The van der Waals surface area contributed by atoms with Crippen LogP contribution in [0.3, 0.4) is 0 Å². The molecule has 0 saturated carbocycles. The normalized spacial score (nSPS) is 16.4. The van der Waals surface area contributed by atoms with E-state index in [0.717, 1.165) is 36.2 Å². The number of amides is 2. The SMILES string of the molecule is Cc1coc(C2CCCN2C(=O)c2cccc(C(=O)NC(Cc3ccccc3)C(O)CNCc3cccc(C(F)(F)F)c3)c2)n1. The van der Waals surface area contributed by atoms with Gasteiger partial charge in [-0.1, -0.05) is 54.6 Å². The average molecular weight is 621 g/mol. The lowest BCUT2D eigenvalue weighted by atomic mass is 10.00. The van der Waals surface area contributed by atoms with Crippen LogP contribution in [0, 0.1) is 6.92 Å². The molecule has 1 fully saturated rings. The molecule has 0 spiro atoms. The Labute approximate surface area is 259 Å². The number of hydrogen-bond acceptors (Lipinski definition) is 6. The summed E-state index contributed by atoms with van der Waals surface area (Å²) in [5, 5.41) is 17.0. The number of rotatable bonds is 11. The van der Waals surface area contributed by atoms with Crippen molar-refractivity contribution in [3.8, 4) is 0 Å². The molecule has 2 heterocycles. The smallest absolute Gasteiger partial charge is 0.416 e. The lowest BCUT2D eigenvalue weighted by Gasteiger charge is -2.25. The van der Waals surface area contributed by atoms with E-state index < -0.39 is 29.8 Å². The minimum absolute atomic E-state index is 0.0171. The van der Waals surface area contributed by atoms with Gasteiger partial charge < -0.3 is 25.1 Å². The van der Waals surface area contributed by atoms with Gasteiger partial charge in [0.15, 0.2) is 0 Å². The van der Waals surface area contributed by atoms with Crippen LogP contribution < -0.4 is 10.6 Å². The van der Waals surface area contributed by atoms with Crippen molar-refractivity contribution >= 4 is 11.8 Å². The first kappa shape index (κ1) is 31.9. The van der Waals surface area contributed by atoms with Crippen molar-refractivity contribution in [1.82, 2.24) is 20.5 Å². The molecule has 5 rings (SSSR count). The van der Waals surface area contributed by atoms with Gasteiger partial charge in [-0.25, -0.2) is 4.98 Å². The number of oxazole rings is 1. The second-order valence-corrected chi connectivity index (χ2v) is 11.2. The average Bonchev–Trinajstić information content (AvgIpc) is 3.70. The molecule has 11 heteroatoms. The Hall–Kier alpha value is -4.48. The number of carbonyl (C=O) groups excluding carboxylic acids is 2. The summed E-state index contributed by atoms with van der Waals surface area (Å²) in [4.78, 5) is 33.1. The quantitative estimate of drug-likeness (QED) is 0.205. The summed E-state index contributed by atoms with van der Waals surface area (Å²) in [7, 11) is 0. The number of aryl methyl sites for hydroxylation is 1. The fraction of sp³-hybridized carbons (Fsp3) is 0.324. The Morgan fingerprint density at radius 2 is 1.76 bits per heavy atom. The number of nitrogens with one attached hydrogen (secondary N) is 2. The first-order chi connectivity index (χ1) is 21.6. The number of alkyl halides is 3. The molecule has 1 aromatic heterocycles. The number of nitrogens with zero attached hydrogens (tertiary/aromatic N) is 2. The molecule has 1 aliphatic heterocycles. The summed E-state index contributed by atoms with van der Waals surface area (Å²) < 4.78 is 44.9. The maximum Gasteiger partial charge on any atom is 0.416 e. The van der Waals surface area contributed by atoms with Crippen LogP contribution in [0.1, 0.15) is 67.9 Å². The number of likely N-dealkylation sites (tertiary alicyclic amines) is 1. The van der Waals surface area contributed by atoms with Crippen LogP contribution in [-0.2, 0) is 19.1 Å². The molecule has 3 aromatic carbocycles. The van der Waals surface area contributed by atoms with Crippen LogP contribution in [0.25, 0.3) is 0 Å². The predicted molar refractivity (Wildman–Crippen MR) is 161 cm³/mol. The van der Waals surface area contributed by atoms with E-state index in [0.29, 0.717) is 30.0 Å². The second-order valence-electron chi connectivity index (χ2n) is 11.2. The molecule has 0 bridgehead atoms. The number of halogens is 3. The molecule has 1 saturated heterocycles. The fourth-order valence-corrected chi connectivity index (χ4v) is 5.52. The van der Waals surface area contributed by atoms with Crippen LogP contribution in [0.4, 0.5) is 13.2 Å². The zero-order valence-corrected chi connectivity index (χ0v) is 24.8. The van der Waals surface area contributed by atoms with E-state index in [9.17, 15) is 27.9 Å². The van der Waals surface area contributed by atoms with Gasteiger partial charge in [0.05, 0.1) is 23.4 Å². The van der Waals surface area contributed by atoms with Crippen molar-refractivity contribution in [3.63, 3.8) is 0 Å². The highest BCUT2D eigenvalue weighted by molar-refractivity contribution is 6.00. The van der Waals surface area contributed by atoms with Gasteiger partial charge >= 0.3 is 6.18 Å².